The van der Waals surface area contributed by atoms with E-state index in [0.717, 1.165) is 0 Å². The molecule has 0 aliphatic rings. The number of alkyl halides is 3. The fourth-order valence-electron chi connectivity index (χ4n) is 1.27. The van der Waals surface area contributed by atoms with Crippen molar-refractivity contribution in [1.29, 1.82) is 0 Å². The highest BCUT2D eigenvalue weighted by Crippen LogP contribution is 2.32. The van der Waals surface area contributed by atoms with Gasteiger partial charge < -0.3 is 5.73 Å². The third kappa shape index (κ3) is 3.88. The number of rotatable bonds is 4. The number of nitrogens with one attached hydrogen (secondary N) is 1. The molecule has 0 heterocycles. The molecule has 0 bridgehead atoms. The lowest BCUT2D eigenvalue weighted by molar-refractivity contribution is -0.140. The predicted octanol–water partition coefficient (Wildman–Crippen LogP) is 1.47. The van der Waals surface area contributed by atoms with Gasteiger partial charge in [-0.3, -0.25) is 0 Å². The van der Waals surface area contributed by atoms with E-state index in [1.165, 1.54) is 6.92 Å². The smallest absolute Gasteiger partial charge is 0.329 e. The second kappa shape index (κ2) is 5.43. The molecule has 108 valence electrons. The summed E-state index contributed by atoms with van der Waals surface area (Å²) in [5.74, 6) is -1.64. The Hall–Kier alpha value is -1.19. The van der Waals surface area contributed by atoms with E-state index in [4.69, 9.17) is 5.73 Å². The molecule has 19 heavy (non-hydrogen) atoms. The molecule has 1 aromatic carbocycles. The Morgan fingerprint density at radius 2 is 1.95 bits per heavy atom. The summed E-state index contributed by atoms with van der Waals surface area (Å²) in [7, 11) is -4.09. The molecule has 1 atom stereocenters. The van der Waals surface area contributed by atoms with Crippen LogP contribution < -0.4 is 10.5 Å². The maximum atomic E-state index is 13.3. The van der Waals surface area contributed by atoms with E-state index in [1.807, 2.05) is 0 Å². The van der Waals surface area contributed by atoms with E-state index in [2.05, 4.69) is 4.72 Å². The molecule has 3 N–H and O–H groups in total. The van der Waals surface area contributed by atoms with Gasteiger partial charge in [0.05, 0.1) is 10.5 Å². The summed E-state index contributed by atoms with van der Waals surface area (Å²) < 4.78 is 75.7. The molecule has 0 saturated carbocycles. The van der Waals surface area contributed by atoms with Gasteiger partial charge in [-0.15, -0.1) is 0 Å². The highest BCUT2D eigenvalue weighted by Gasteiger charge is 2.34. The second-order valence-corrected chi connectivity index (χ2v) is 5.61. The van der Waals surface area contributed by atoms with Crippen LogP contribution in [0, 0.1) is 5.82 Å². The summed E-state index contributed by atoms with van der Waals surface area (Å²) in [4.78, 5) is -0.585. The normalized spacial score (nSPS) is 14.4. The molecule has 0 amide bonds. The molecule has 0 fully saturated rings. The maximum absolute atomic E-state index is 13.3. The Balaban J connectivity index is 3.15. The predicted molar refractivity (Wildman–Crippen MR) is 60.2 cm³/mol. The van der Waals surface area contributed by atoms with Crippen molar-refractivity contribution in [2.24, 2.45) is 5.73 Å². The first-order valence-corrected chi connectivity index (χ1v) is 6.65. The van der Waals surface area contributed by atoms with Crippen LogP contribution in [0.4, 0.5) is 17.6 Å². The quantitative estimate of drug-likeness (QED) is 0.827. The minimum Gasteiger partial charge on any atom is -0.329 e. The highest BCUT2D eigenvalue weighted by molar-refractivity contribution is 7.89. The van der Waals surface area contributed by atoms with Gasteiger partial charge in [-0.2, -0.15) is 13.2 Å². The number of hydrogen-bond donors (Lipinski definition) is 2. The van der Waals surface area contributed by atoms with Crippen molar-refractivity contribution in [2.45, 2.75) is 24.0 Å². The van der Waals surface area contributed by atoms with Crippen LogP contribution in [-0.2, 0) is 16.2 Å². The topological polar surface area (TPSA) is 72.2 Å². The van der Waals surface area contributed by atoms with Crippen LogP contribution in [0.25, 0.3) is 0 Å². The molecule has 0 radical (unpaired) electrons. The van der Waals surface area contributed by atoms with Gasteiger partial charge in [0.15, 0.2) is 0 Å². The van der Waals surface area contributed by atoms with Gasteiger partial charge in [-0.1, -0.05) is 0 Å². The zero-order valence-electron chi connectivity index (χ0n) is 9.83. The van der Waals surface area contributed by atoms with Crippen LogP contribution in [0.5, 0.6) is 0 Å². The first kappa shape index (κ1) is 15.9. The average molecular weight is 300 g/mol. The Kier molecular flexibility index (Phi) is 4.54. The number of nitrogens with two attached hydrogens (primary N) is 1. The van der Waals surface area contributed by atoms with Gasteiger partial charge in [0, 0.05) is 12.6 Å². The fraction of sp³-hybridized carbons (Fsp3) is 0.400. The maximum Gasteiger partial charge on any atom is 0.419 e. The molecular formula is C10H12F4N2O2S. The number of sulfonamides is 1. The Bertz CT molecular complexity index is 557. The van der Waals surface area contributed by atoms with E-state index in [1.54, 1.807) is 0 Å². The molecule has 9 heteroatoms. The first-order chi connectivity index (χ1) is 8.58. The third-order valence-corrected chi connectivity index (χ3v) is 3.85. The van der Waals surface area contributed by atoms with Crippen molar-refractivity contribution < 1.29 is 26.0 Å². The Labute approximate surface area is 107 Å². The molecule has 4 nitrogen and oxygen atoms in total. The van der Waals surface area contributed by atoms with Crippen LogP contribution in [0.1, 0.15) is 12.5 Å². The van der Waals surface area contributed by atoms with E-state index < -0.39 is 38.5 Å². The van der Waals surface area contributed by atoms with E-state index in [-0.39, 0.29) is 6.54 Å². The molecule has 0 spiro atoms. The lowest BCUT2D eigenvalue weighted by Gasteiger charge is -2.13. The van der Waals surface area contributed by atoms with Gasteiger partial charge in [0.1, 0.15) is 5.82 Å². The number of benzene rings is 1. The van der Waals surface area contributed by atoms with Gasteiger partial charge in [0.25, 0.3) is 0 Å². The minimum atomic E-state index is -4.87. The molecular weight excluding hydrogens is 288 g/mol. The average Bonchev–Trinajstić information content (AvgIpc) is 2.26. The summed E-state index contributed by atoms with van der Waals surface area (Å²) >= 11 is 0. The Morgan fingerprint density at radius 1 is 1.37 bits per heavy atom. The highest BCUT2D eigenvalue weighted by atomic mass is 32.2. The molecule has 0 aliphatic carbocycles. The van der Waals surface area contributed by atoms with E-state index >= 15 is 0 Å². The minimum absolute atomic E-state index is 0.00233. The number of halogens is 4. The van der Waals surface area contributed by atoms with Crippen molar-refractivity contribution >= 4 is 10.0 Å². The van der Waals surface area contributed by atoms with Gasteiger partial charge >= 0.3 is 6.18 Å². The molecule has 1 rings (SSSR count). The molecule has 0 aliphatic heterocycles. The van der Waals surface area contributed by atoms with Crippen molar-refractivity contribution in [3.63, 3.8) is 0 Å². The molecule has 1 aromatic rings. The van der Waals surface area contributed by atoms with Crippen LogP contribution in [0.15, 0.2) is 23.1 Å². The first-order valence-electron chi connectivity index (χ1n) is 5.17. The summed E-state index contributed by atoms with van der Waals surface area (Å²) in [6, 6.07) is 0.790. The summed E-state index contributed by atoms with van der Waals surface area (Å²) in [6.07, 6.45) is -4.87. The van der Waals surface area contributed by atoms with Crippen molar-refractivity contribution in [3.05, 3.63) is 29.6 Å². The fourth-order valence-corrected chi connectivity index (χ4v) is 2.54. The summed E-state index contributed by atoms with van der Waals surface area (Å²) in [5.41, 5.74) is 3.70. The van der Waals surface area contributed by atoms with Crippen molar-refractivity contribution in [1.82, 2.24) is 4.72 Å². The third-order valence-electron chi connectivity index (χ3n) is 2.27. The zero-order chi connectivity index (χ0) is 14.8. The van der Waals surface area contributed by atoms with Crippen LogP contribution >= 0.6 is 0 Å². The second-order valence-electron chi connectivity index (χ2n) is 3.90. The van der Waals surface area contributed by atoms with Crippen molar-refractivity contribution in [2.75, 3.05) is 6.54 Å². The number of hydrogen-bond acceptors (Lipinski definition) is 3. The lowest BCUT2D eigenvalue weighted by atomic mass is 10.2. The summed E-state index contributed by atoms with van der Waals surface area (Å²) in [6.45, 7) is 1.47. The molecule has 0 saturated heterocycles. The van der Waals surface area contributed by atoms with E-state index in [0.29, 0.717) is 18.2 Å². The SMILES string of the molecule is C[C@@H](CN)NS(=O)(=O)c1ccc(C(F)(F)F)c(F)c1. The lowest BCUT2D eigenvalue weighted by Crippen LogP contribution is -2.37. The van der Waals surface area contributed by atoms with Gasteiger partial charge in [0.2, 0.25) is 10.0 Å². The van der Waals surface area contributed by atoms with E-state index in [9.17, 15) is 26.0 Å². The zero-order valence-corrected chi connectivity index (χ0v) is 10.6. The van der Waals surface area contributed by atoms with Crippen molar-refractivity contribution in [3.8, 4) is 0 Å². The van der Waals surface area contributed by atoms with Gasteiger partial charge in [-0.25, -0.2) is 17.5 Å². The largest absolute Gasteiger partial charge is 0.419 e. The van der Waals surface area contributed by atoms with Crippen LogP contribution in [0.2, 0.25) is 0 Å². The van der Waals surface area contributed by atoms with Crippen LogP contribution in [-0.4, -0.2) is 21.0 Å². The Morgan fingerprint density at radius 3 is 2.37 bits per heavy atom. The summed E-state index contributed by atoms with van der Waals surface area (Å²) in [5, 5.41) is 0. The molecule has 0 aromatic heterocycles. The molecule has 0 unspecified atom stereocenters. The standard InChI is InChI=1S/C10H12F4N2O2S/c1-6(5-15)16-19(17,18)7-2-3-8(9(11)4-7)10(12,13)14/h2-4,6,16H,5,15H2,1H3/t6-/m0/s1. The monoisotopic (exact) mass is 300 g/mol. The van der Waals surface area contributed by atoms with Crippen LogP contribution in [0.3, 0.4) is 0 Å². The van der Waals surface area contributed by atoms with Gasteiger partial charge in [-0.05, 0) is 25.1 Å².